The smallest absolute Gasteiger partial charge is 1.00 e. The van der Waals surface area contributed by atoms with Crippen molar-refractivity contribution in [3.05, 3.63) is 0 Å². The Morgan fingerprint density at radius 2 is 1.57 bits per heavy atom. The minimum atomic E-state index is -2.86. The van der Waals surface area contributed by atoms with E-state index in [-0.39, 0.29) is 93.3 Å². The summed E-state index contributed by atoms with van der Waals surface area (Å²) in [5.74, 6) is 0. The number of rotatable bonds is 0. The van der Waals surface area contributed by atoms with Gasteiger partial charge in [0, 0.05) is 0 Å². The number of halogens is 1. The summed E-state index contributed by atoms with van der Waals surface area (Å²) in [6.45, 7) is 0. The van der Waals surface area contributed by atoms with E-state index in [4.69, 9.17) is 13.3 Å². The van der Waals surface area contributed by atoms with Gasteiger partial charge < -0.3 is 21.5 Å². The van der Waals surface area contributed by atoms with E-state index >= 15 is 0 Å². The van der Waals surface area contributed by atoms with Crippen LogP contribution in [0.3, 0.4) is 0 Å². The van der Waals surface area contributed by atoms with Crippen molar-refractivity contribution in [1.82, 2.24) is 0 Å². The van der Waals surface area contributed by atoms with Crippen molar-refractivity contribution in [3.8, 4) is 0 Å². The van der Waals surface area contributed by atoms with Crippen LogP contribution in [0.4, 0.5) is 0 Å². The third-order valence-corrected chi connectivity index (χ3v) is 0. The second-order valence-electron chi connectivity index (χ2n) is 0.217. The van der Waals surface area contributed by atoms with E-state index in [0.29, 0.717) is 0 Å². The molecule has 7 heavy (non-hydrogen) atoms. The largest absolute Gasteiger partial charge is 1.00 e. The topological polar surface area (TPSA) is 60.4 Å². The Balaban J connectivity index is -0.0000000150. The molecule has 0 rings (SSSR count). The van der Waals surface area contributed by atoms with Gasteiger partial charge in [-0.1, -0.05) is 0 Å². The predicted octanol–water partition coefficient (Wildman–Crippen LogP) is -9.65. The van der Waals surface area contributed by atoms with Gasteiger partial charge in [-0.2, -0.15) is 0 Å². The molecule has 0 aliphatic heterocycles. The molecule has 1 unspecified atom stereocenters. The zero-order chi connectivity index (χ0) is 3.58. The summed E-state index contributed by atoms with van der Waals surface area (Å²) in [6, 6.07) is 0. The first-order valence-corrected chi connectivity index (χ1v) is 1.55. The van der Waals surface area contributed by atoms with E-state index in [2.05, 4.69) is 0 Å². The van der Waals surface area contributed by atoms with Crippen LogP contribution in [0.2, 0.25) is 0 Å². The maximum Gasteiger partial charge on any atom is 1.00 e. The third kappa shape index (κ3) is 49.0. The van der Waals surface area contributed by atoms with Crippen LogP contribution >= 0.6 is 0 Å². The van der Waals surface area contributed by atoms with Crippen LogP contribution in [0.1, 0.15) is 0 Å². The number of hydrogen-bond donors (Lipinski definition) is 1. The molecule has 0 amide bonds. The monoisotopic (exact) mass is 178 g/mol. The fourth-order valence-electron chi connectivity index (χ4n) is 0. The van der Waals surface area contributed by atoms with Crippen LogP contribution in [0.15, 0.2) is 0 Å². The molecule has 0 saturated heterocycles. The van der Waals surface area contributed by atoms with Crippen LogP contribution < -0.4 is 93.3 Å². The van der Waals surface area contributed by atoms with Crippen molar-refractivity contribution in [3.63, 3.8) is 0 Å². The van der Waals surface area contributed by atoms with E-state index in [1.54, 1.807) is 0 Å². The van der Waals surface area contributed by atoms with Crippen molar-refractivity contribution in [2.75, 3.05) is 0 Å². The molecule has 3 nitrogen and oxygen atoms in total. The van der Waals surface area contributed by atoms with Crippen LogP contribution in [-0.4, -0.2) is 13.3 Å². The zero-order valence-electron chi connectivity index (χ0n) is 4.05. The van der Waals surface area contributed by atoms with Gasteiger partial charge in [0.15, 0.2) is 0 Å². The minimum absolute atomic E-state index is 0. The molecule has 0 heterocycles. The van der Waals surface area contributed by atoms with Crippen molar-refractivity contribution in [2.45, 2.75) is 0 Å². The fraction of sp³-hybridized carbons (Fsp3) is 0. The molecule has 7 heteroatoms. The molecule has 0 aliphatic rings. The zero-order valence-corrected chi connectivity index (χ0v) is 10.7. The van der Waals surface area contributed by atoms with Gasteiger partial charge in [-0.05, 0) is 0 Å². The molecule has 0 aromatic heterocycles. The molecule has 1 atom stereocenters. The SMILES string of the molecule is O=S([O-])O.[Cl-].[K+].[Na+]. The van der Waals surface area contributed by atoms with Crippen molar-refractivity contribution in [1.29, 1.82) is 0 Å². The molecule has 0 aromatic rings. The average molecular weight is 179 g/mol. The fourth-order valence-corrected chi connectivity index (χ4v) is 0. The van der Waals surface area contributed by atoms with Crippen molar-refractivity contribution >= 4 is 11.4 Å². The van der Waals surface area contributed by atoms with E-state index in [9.17, 15) is 0 Å². The maximum atomic E-state index is 8.56. The summed E-state index contributed by atoms with van der Waals surface area (Å²) in [7, 11) is 0. The molecule has 0 fully saturated rings. The van der Waals surface area contributed by atoms with Crippen molar-refractivity contribution in [2.24, 2.45) is 0 Å². The van der Waals surface area contributed by atoms with E-state index < -0.39 is 11.4 Å². The maximum absolute atomic E-state index is 8.56. The molecule has 0 saturated carbocycles. The first-order chi connectivity index (χ1) is 1.73. The van der Waals surface area contributed by atoms with Crippen LogP contribution in [0.5, 0.6) is 0 Å². The van der Waals surface area contributed by atoms with Gasteiger partial charge in [0.25, 0.3) is 0 Å². The van der Waals surface area contributed by atoms with Crippen LogP contribution in [0, 0.1) is 0 Å². The summed E-state index contributed by atoms with van der Waals surface area (Å²) in [5.41, 5.74) is 0. The molecule has 0 spiro atoms. The molecule has 0 aromatic carbocycles. The summed E-state index contributed by atoms with van der Waals surface area (Å²) >= 11 is -2.86. The van der Waals surface area contributed by atoms with Crippen molar-refractivity contribution < 1.29 is 107 Å². The summed E-state index contributed by atoms with van der Waals surface area (Å²) in [4.78, 5) is 0. The molecule has 0 bridgehead atoms. The van der Waals surface area contributed by atoms with E-state index in [1.165, 1.54) is 0 Å². The minimum Gasteiger partial charge on any atom is -1.00 e. The van der Waals surface area contributed by atoms with Crippen LogP contribution in [0.25, 0.3) is 0 Å². The Kier molecular flexibility index (Phi) is 51.4. The van der Waals surface area contributed by atoms with Gasteiger partial charge in [-0.15, -0.1) is 0 Å². The van der Waals surface area contributed by atoms with Gasteiger partial charge in [0.05, 0.1) is 11.4 Å². The Morgan fingerprint density at radius 3 is 1.57 bits per heavy atom. The molecule has 0 radical (unpaired) electrons. The number of hydrogen-bond acceptors (Lipinski definition) is 2. The standard InChI is InChI=1S/ClH.K.Na.H2O3S/c;;;1-4(2)3/h1H;;;(H2,1,2,3)/q;2*+1;/p-2. The third-order valence-electron chi connectivity index (χ3n) is 0. The predicted molar refractivity (Wildman–Crippen MR) is 11.5 cm³/mol. The van der Waals surface area contributed by atoms with Crippen LogP contribution in [-0.2, 0) is 11.4 Å². The summed E-state index contributed by atoms with van der Waals surface area (Å²) < 4.78 is 24.1. The van der Waals surface area contributed by atoms with Gasteiger partial charge >= 0.3 is 80.9 Å². The van der Waals surface area contributed by atoms with Gasteiger partial charge in [-0.3, -0.25) is 0 Å². The first-order valence-electron chi connectivity index (χ1n) is 0.516. The van der Waals surface area contributed by atoms with Gasteiger partial charge in [-0.25, -0.2) is 4.21 Å². The Bertz CT molecular complexity index is 37.9. The average Bonchev–Trinajstić information content (AvgIpc) is 0.811. The first kappa shape index (κ1) is 22.5. The molecule has 0 aliphatic carbocycles. The van der Waals surface area contributed by atoms with Gasteiger partial charge in [0.1, 0.15) is 0 Å². The quantitative estimate of drug-likeness (QED) is 0.296. The van der Waals surface area contributed by atoms with E-state index in [0.717, 1.165) is 0 Å². The Morgan fingerprint density at radius 1 is 1.57 bits per heavy atom. The Labute approximate surface area is 115 Å². The summed E-state index contributed by atoms with van der Waals surface area (Å²) in [5, 5.41) is 0. The molecular formula is HClKNaO3S. The molecule has 34 valence electrons. The molecular weight excluding hydrogens is 178 g/mol. The summed E-state index contributed by atoms with van der Waals surface area (Å²) in [6.07, 6.45) is 0. The Hall–Kier alpha value is 3.00. The second kappa shape index (κ2) is 16.0. The van der Waals surface area contributed by atoms with Gasteiger partial charge in [0.2, 0.25) is 0 Å². The molecule has 1 N–H and O–H groups in total. The van der Waals surface area contributed by atoms with E-state index in [1.807, 2.05) is 0 Å². The normalized spacial score (nSPS) is 8.86. The second-order valence-corrected chi connectivity index (χ2v) is 0.651.